The molecule has 0 radical (unpaired) electrons. The molecular weight excluding hydrogens is 482 g/mol. The van der Waals surface area contributed by atoms with E-state index in [1.807, 2.05) is 30.3 Å². The molecule has 8 heteroatoms. The van der Waals surface area contributed by atoms with E-state index in [2.05, 4.69) is 6.58 Å². The van der Waals surface area contributed by atoms with Gasteiger partial charge in [0.15, 0.2) is 0 Å². The minimum absolute atomic E-state index is 0.0706. The zero-order valence-electron chi connectivity index (χ0n) is 20.7. The highest BCUT2D eigenvalue weighted by molar-refractivity contribution is 7.40. The van der Waals surface area contributed by atoms with Gasteiger partial charge in [-0.1, -0.05) is 36.9 Å². The van der Waals surface area contributed by atoms with Crippen LogP contribution in [-0.2, 0) is 9.13 Å². The highest BCUT2D eigenvalue weighted by atomic mass is 31.1. The molecular formula is C27H32O6P2. The molecule has 0 aliphatic rings. The van der Waals surface area contributed by atoms with E-state index in [1.54, 1.807) is 58.9 Å². The largest absolute Gasteiger partial charge is 0.508 e. The van der Waals surface area contributed by atoms with Gasteiger partial charge in [0.25, 0.3) is 0 Å². The average molecular weight is 514 g/mol. The Hall–Kier alpha value is -3.07. The summed E-state index contributed by atoms with van der Waals surface area (Å²) < 4.78 is 34.0. The molecule has 2 aromatic carbocycles. The molecule has 0 aromatic heterocycles. The summed E-state index contributed by atoms with van der Waals surface area (Å²) >= 11 is 0. The number of allylic oxidation sites excluding steroid dienone is 5. The lowest BCUT2D eigenvalue weighted by Crippen LogP contribution is -2.05. The van der Waals surface area contributed by atoms with Crippen LogP contribution in [-0.4, -0.2) is 15.9 Å². The molecule has 0 aliphatic carbocycles. The molecule has 2 N–H and O–H groups in total. The molecule has 2 atom stereocenters. The summed E-state index contributed by atoms with van der Waals surface area (Å²) in [4.78, 5) is 0. The van der Waals surface area contributed by atoms with Gasteiger partial charge in [0.2, 0.25) is 8.03 Å². The van der Waals surface area contributed by atoms with Crippen LogP contribution in [0.2, 0.25) is 0 Å². The van der Waals surface area contributed by atoms with Crippen molar-refractivity contribution in [2.24, 2.45) is 0 Å². The SMILES string of the molecule is C=C(C)/C(O)=C(/C)C/C=C(C)\C(O)=C(\C)C(C)[PH](=O)Oc1ccc(-c2ccc(OP=O)cc2)cc1. The Morgan fingerprint density at radius 3 is 1.97 bits per heavy atom. The molecule has 0 aliphatic heterocycles. The number of aliphatic hydroxyl groups is 2. The fraction of sp³-hybridized carbons (Fsp3) is 0.259. The zero-order valence-corrected chi connectivity index (χ0v) is 22.6. The maximum Gasteiger partial charge on any atom is 0.395 e. The molecule has 2 aromatic rings. The van der Waals surface area contributed by atoms with E-state index in [4.69, 9.17) is 9.05 Å². The third-order valence-electron chi connectivity index (χ3n) is 5.68. The number of benzene rings is 2. The summed E-state index contributed by atoms with van der Waals surface area (Å²) in [5.41, 5.74) is 3.95. The Bertz CT molecular complexity index is 1180. The molecule has 35 heavy (non-hydrogen) atoms. The highest BCUT2D eigenvalue weighted by Crippen LogP contribution is 2.38. The van der Waals surface area contributed by atoms with Crippen molar-refractivity contribution in [3.05, 3.63) is 95.0 Å². The van der Waals surface area contributed by atoms with Gasteiger partial charge in [0, 0.05) is 0 Å². The summed E-state index contributed by atoms with van der Waals surface area (Å²) in [5, 5.41) is 20.6. The van der Waals surface area contributed by atoms with Crippen molar-refractivity contribution >= 4 is 16.7 Å². The molecule has 0 saturated carbocycles. The Morgan fingerprint density at radius 2 is 1.49 bits per heavy atom. The first-order valence-electron chi connectivity index (χ1n) is 11.1. The van der Waals surface area contributed by atoms with Crippen molar-refractivity contribution in [2.45, 2.75) is 46.7 Å². The van der Waals surface area contributed by atoms with Crippen molar-refractivity contribution in [3.63, 3.8) is 0 Å². The minimum Gasteiger partial charge on any atom is -0.508 e. The van der Waals surface area contributed by atoms with Crippen LogP contribution >= 0.6 is 16.7 Å². The van der Waals surface area contributed by atoms with Gasteiger partial charge in [-0.2, -0.15) is 0 Å². The molecule has 6 nitrogen and oxygen atoms in total. The molecule has 186 valence electrons. The van der Waals surface area contributed by atoms with Crippen LogP contribution in [0.3, 0.4) is 0 Å². The van der Waals surface area contributed by atoms with Crippen LogP contribution in [0.5, 0.6) is 11.5 Å². The molecule has 0 amide bonds. The van der Waals surface area contributed by atoms with Crippen LogP contribution in [0, 0.1) is 0 Å². The van der Waals surface area contributed by atoms with Crippen LogP contribution in [0.25, 0.3) is 11.1 Å². The van der Waals surface area contributed by atoms with E-state index in [0.29, 0.717) is 34.6 Å². The van der Waals surface area contributed by atoms with E-state index >= 15 is 0 Å². The second kappa shape index (κ2) is 13.1. The van der Waals surface area contributed by atoms with E-state index < -0.39 is 22.4 Å². The Morgan fingerprint density at radius 1 is 0.971 bits per heavy atom. The predicted octanol–water partition coefficient (Wildman–Crippen LogP) is 8.76. The third kappa shape index (κ3) is 7.99. The van der Waals surface area contributed by atoms with Gasteiger partial charge >= 0.3 is 8.69 Å². The highest BCUT2D eigenvalue weighted by Gasteiger charge is 2.19. The second-order valence-corrected chi connectivity index (χ2v) is 10.4. The number of rotatable bonds is 11. The third-order valence-corrected chi connectivity index (χ3v) is 7.54. The minimum atomic E-state index is -2.54. The van der Waals surface area contributed by atoms with Crippen molar-refractivity contribution in [3.8, 4) is 22.6 Å². The standard InChI is InChI=1S/C27H32O6P2/c1-17(2)26(28)18(3)7-8-19(4)27(29)20(5)21(6)35(31)33-25-15-11-23(12-16-25)22-9-13-24(14-10-22)32-34-30/h8-16,21,28-29,35H,1,7H2,2-6H3/b19-8-,26-18+,27-20+. The molecule has 2 rings (SSSR count). The van der Waals surface area contributed by atoms with Gasteiger partial charge < -0.3 is 19.3 Å². The van der Waals surface area contributed by atoms with Crippen molar-refractivity contribution in [1.82, 2.24) is 0 Å². The molecule has 0 saturated heterocycles. The van der Waals surface area contributed by atoms with Crippen LogP contribution in [0.4, 0.5) is 0 Å². The van der Waals surface area contributed by atoms with E-state index in [9.17, 15) is 19.3 Å². The molecule has 0 spiro atoms. The van der Waals surface area contributed by atoms with E-state index in [0.717, 1.165) is 16.7 Å². The Balaban J connectivity index is 2.08. The summed E-state index contributed by atoms with van der Waals surface area (Å²) in [6.45, 7) is 12.5. The van der Waals surface area contributed by atoms with Gasteiger partial charge in [0.05, 0.1) is 5.66 Å². The van der Waals surface area contributed by atoms with Crippen molar-refractivity contribution in [1.29, 1.82) is 0 Å². The smallest absolute Gasteiger partial charge is 0.395 e. The molecule has 2 unspecified atom stereocenters. The van der Waals surface area contributed by atoms with Gasteiger partial charge in [-0.05, 0) is 98.7 Å². The van der Waals surface area contributed by atoms with Crippen molar-refractivity contribution < 1.29 is 28.4 Å². The first kappa shape index (κ1) is 28.2. The van der Waals surface area contributed by atoms with Crippen molar-refractivity contribution in [2.75, 3.05) is 0 Å². The Labute approximate surface area is 209 Å². The van der Waals surface area contributed by atoms with E-state index in [-0.39, 0.29) is 11.5 Å². The normalized spacial score (nSPS) is 15.1. The average Bonchev–Trinajstić information content (AvgIpc) is 2.86. The van der Waals surface area contributed by atoms with Crippen LogP contribution in [0.15, 0.2) is 95.0 Å². The Kier molecular flexibility index (Phi) is 10.6. The van der Waals surface area contributed by atoms with Gasteiger partial charge in [-0.3, -0.25) is 4.57 Å². The van der Waals surface area contributed by atoms with Crippen LogP contribution in [0.1, 0.15) is 41.0 Å². The monoisotopic (exact) mass is 514 g/mol. The number of hydrogen-bond acceptors (Lipinski definition) is 6. The lowest BCUT2D eigenvalue weighted by Gasteiger charge is -2.16. The summed E-state index contributed by atoms with van der Waals surface area (Å²) in [5.74, 6) is 1.22. The quantitative estimate of drug-likeness (QED) is 0.177. The zero-order chi connectivity index (χ0) is 26.1. The maximum atomic E-state index is 12.9. The lowest BCUT2D eigenvalue weighted by molar-refractivity contribution is 0.411. The van der Waals surface area contributed by atoms with Gasteiger partial charge in [-0.25, -0.2) is 4.57 Å². The van der Waals surface area contributed by atoms with E-state index in [1.165, 1.54) is 0 Å². The summed E-state index contributed by atoms with van der Waals surface area (Å²) in [6, 6.07) is 14.4. The molecule has 0 fully saturated rings. The van der Waals surface area contributed by atoms with Gasteiger partial charge in [0.1, 0.15) is 23.0 Å². The topological polar surface area (TPSA) is 93.1 Å². The first-order chi connectivity index (χ1) is 16.5. The lowest BCUT2D eigenvalue weighted by atomic mass is 10.0. The fourth-order valence-electron chi connectivity index (χ4n) is 3.23. The van der Waals surface area contributed by atoms with Gasteiger partial charge in [-0.15, -0.1) is 0 Å². The molecule has 0 bridgehead atoms. The number of aliphatic hydroxyl groups excluding tert-OH is 2. The summed E-state index contributed by atoms with van der Waals surface area (Å²) in [7, 11) is -2.94. The number of hydrogen-bond donors (Lipinski definition) is 2. The second-order valence-electron chi connectivity index (χ2n) is 8.39. The maximum absolute atomic E-state index is 12.9. The predicted molar refractivity (Wildman–Crippen MR) is 143 cm³/mol. The fourth-order valence-corrected chi connectivity index (χ4v) is 4.47. The molecule has 0 heterocycles. The summed E-state index contributed by atoms with van der Waals surface area (Å²) in [6.07, 6.45) is 2.28. The first-order valence-corrected chi connectivity index (χ1v) is 13.2. The van der Waals surface area contributed by atoms with Crippen LogP contribution < -0.4 is 9.05 Å².